The summed E-state index contributed by atoms with van der Waals surface area (Å²) in [5.74, 6) is 0.720. The van der Waals surface area contributed by atoms with Gasteiger partial charge in [0, 0.05) is 11.5 Å². The lowest BCUT2D eigenvalue weighted by molar-refractivity contribution is 0.681. The first-order chi connectivity index (χ1) is 7.09. The van der Waals surface area contributed by atoms with E-state index in [1.165, 1.54) is 6.42 Å². The molecule has 0 N–H and O–H groups in total. The second-order valence-electron chi connectivity index (χ2n) is 4.63. The van der Waals surface area contributed by atoms with Gasteiger partial charge in [0.15, 0.2) is 5.65 Å². The van der Waals surface area contributed by atoms with Crippen LogP contribution in [0.15, 0.2) is 18.5 Å². The summed E-state index contributed by atoms with van der Waals surface area (Å²) < 4.78 is 1.79. The van der Waals surface area contributed by atoms with Crippen molar-refractivity contribution in [2.45, 2.75) is 25.7 Å². The topological polar surface area (TPSA) is 30.2 Å². The second-order valence-corrected chi connectivity index (χ2v) is 5.06. The van der Waals surface area contributed by atoms with E-state index in [4.69, 9.17) is 11.6 Å². The fourth-order valence-electron chi connectivity index (χ4n) is 2.06. The molecule has 1 fully saturated rings. The number of aromatic nitrogens is 3. The third kappa shape index (κ3) is 1.26. The molecule has 0 aliphatic heterocycles. The van der Waals surface area contributed by atoms with E-state index in [9.17, 15) is 0 Å². The molecule has 1 saturated carbocycles. The third-order valence-corrected chi connectivity index (χ3v) is 3.74. The minimum Gasteiger partial charge on any atom is -0.231 e. The molecule has 0 bridgehead atoms. The highest BCUT2D eigenvalue weighted by molar-refractivity contribution is 6.30. The lowest BCUT2D eigenvalue weighted by Gasteiger charge is -2.02. The molecule has 0 amide bonds. The minimum absolute atomic E-state index is 0.250. The molecule has 1 aliphatic carbocycles. The molecule has 3 nitrogen and oxygen atoms in total. The molecule has 0 saturated heterocycles. The van der Waals surface area contributed by atoms with Crippen molar-refractivity contribution < 1.29 is 0 Å². The average Bonchev–Trinajstić information content (AvgIpc) is 2.62. The summed E-state index contributed by atoms with van der Waals surface area (Å²) in [6.45, 7) is 4.51. The molecule has 2 aromatic heterocycles. The zero-order valence-corrected chi connectivity index (χ0v) is 9.49. The Morgan fingerprint density at radius 3 is 3.00 bits per heavy atom. The highest BCUT2D eigenvalue weighted by atomic mass is 35.5. The van der Waals surface area contributed by atoms with E-state index in [1.807, 2.05) is 12.3 Å². The van der Waals surface area contributed by atoms with E-state index in [1.54, 1.807) is 10.7 Å². The van der Waals surface area contributed by atoms with Crippen molar-refractivity contribution in [3.8, 4) is 0 Å². The summed E-state index contributed by atoms with van der Waals surface area (Å²) in [4.78, 5) is 4.57. The maximum atomic E-state index is 5.87. The lowest BCUT2D eigenvalue weighted by atomic mass is 10.0. The molecular formula is C11H12ClN3. The number of nitrogens with zero attached hydrogens (tertiary/aromatic N) is 3. The Labute approximate surface area is 93.1 Å². The van der Waals surface area contributed by atoms with Crippen molar-refractivity contribution in [3.05, 3.63) is 29.2 Å². The monoisotopic (exact) mass is 221 g/mol. The number of hydrogen-bond donors (Lipinski definition) is 0. The summed E-state index contributed by atoms with van der Waals surface area (Å²) >= 11 is 5.87. The quantitative estimate of drug-likeness (QED) is 0.741. The van der Waals surface area contributed by atoms with Crippen molar-refractivity contribution in [2.75, 3.05) is 0 Å². The number of imidazole rings is 1. The molecular weight excluding hydrogens is 210 g/mol. The Balaban J connectivity index is 2.15. The Morgan fingerprint density at radius 2 is 2.33 bits per heavy atom. The van der Waals surface area contributed by atoms with Crippen LogP contribution in [0.2, 0.25) is 5.02 Å². The van der Waals surface area contributed by atoms with Crippen LogP contribution in [0, 0.1) is 5.92 Å². The van der Waals surface area contributed by atoms with Gasteiger partial charge in [0.2, 0.25) is 0 Å². The molecule has 78 valence electrons. The predicted octanol–water partition coefficient (Wildman–Crippen LogP) is 2.68. The van der Waals surface area contributed by atoms with Gasteiger partial charge in [-0.2, -0.15) is 5.10 Å². The normalized spacial score (nSPS) is 29.7. The van der Waals surface area contributed by atoms with Crippen molar-refractivity contribution in [3.63, 3.8) is 0 Å². The first-order valence-corrected chi connectivity index (χ1v) is 5.49. The highest BCUT2D eigenvalue weighted by Crippen LogP contribution is 2.52. The second kappa shape index (κ2) is 2.73. The molecule has 2 heterocycles. The van der Waals surface area contributed by atoms with Crippen LogP contribution in [0.25, 0.3) is 5.65 Å². The van der Waals surface area contributed by atoms with Gasteiger partial charge in [-0.1, -0.05) is 25.4 Å². The summed E-state index contributed by atoms with van der Waals surface area (Å²) in [7, 11) is 0. The van der Waals surface area contributed by atoms with Gasteiger partial charge in [0.05, 0.1) is 23.1 Å². The maximum absolute atomic E-state index is 5.87. The van der Waals surface area contributed by atoms with Crippen LogP contribution in [-0.2, 0) is 5.41 Å². The fraction of sp³-hybridized carbons (Fsp3) is 0.455. The van der Waals surface area contributed by atoms with Gasteiger partial charge in [-0.05, 0) is 12.3 Å². The van der Waals surface area contributed by atoms with Crippen molar-refractivity contribution in [2.24, 2.45) is 5.92 Å². The van der Waals surface area contributed by atoms with Gasteiger partial charge >= 0.3 is 0 Å². The minimum atomic E-state index is 0.250. The van der Waals surface area contributed by atoms with Crippen LogP contribution in [0.5, 0.6) is 0 Å². The molecule has 3 rings (SSSR count). The van der Waals surface area contributed by atoms with Crippen LogP contribution in [0.3, 0.4) is 0 Å². The average molecular weight is 222 g/mol. The summed E-state index contributed by atoms with van der Waals surface area (Å²) in [6.07, 6.45) is 4.86. The SMILES string of the molecule is C[C@@H]1CC1(C)c1cn2ncc(Cl)cc2n1. The number of rotatable bonds is 1. The largest absolute Gasteiger partial charge is 0.231 e. The Morgan fingerprint density at radius 1 is 1.60 bits per heavy atom. The zero-order valence-electron chi connectivity index (χ0n) is 8.74. The van der Waals surface area contributed by atoms with Gasteiger partial charge in [0.25, 0.3) is 0 Å². The Hall–Kier alpha value is -1.09. The number of fused-ring (bicyclic) bond motifs is 1. The molecule has 2 aromatic rings. The Bertz CT molecular complexity index is 534. The summed E-state index contributed by atoms with van der Waals surface area (Å²) in [5.41, 5.74) is 2.21. The number of halogens is 1. The van der Waals surface area contributed by atoms with Crippen molar-refractivity contribution in [1.29, 1.82) is 0 Å². The van der Waals surface area contributed by atoms with Crippen LogP contribution in [0.4, 0.5) is 0 Å². The smallest absolute Gasteiger partial charge is 0.155 e. The van der Waals surface area contributed by atoms with Crippen LogP contribution < -0.4 is 0 Å². The third-order valence-electron chi connectivity index (χ3n) is 3.53. The highest BCUT2D eigenvalue weighted by Gasteiger charge is 2.49. The van der Waals surface area contributed by atoms with Crippen LogP contribution >= 0.6 is 11.6 Å². The van der Waals surface area contributed by atoms with E-state index in [0.717, 1.165) is 17.3 Å². The maximum Gasteiger partial charge on any atom is 0.155 e. The molecule has 0 aromatic carbocycles. The van der Waals surface area contributed by atoms with E-state index in [-0.39, 0.29) is 5.41 Å². The predicted molar refractivity (Wildman–Crippen MR) is 59.1 cm³/mol. The molecule has 0 radical (unpaired) electrons. The zero-order chi connectivity index (χ0) is 10.6. The van der Waals surface area contributed by atoms with Crippen molar-refractivity contribution in [1.82, 2.24) is 14.6 Å². The van der Waals surface area contributed by atoms with E-state index >= 15 is 0 Å². The van der Waals surface area contributed by atoms with Gasteiger partial charge in [0.1, 0.15) is 0 Å². The van der Waals surface area contributed by atoms with E-state index in [0.29, 0.717) is 5.02 Å². The molecule has 2 atom stereocenters. The Kier molecular flexibility index (Phi) is 1.67. The first kappa shape index (κ1) is 9.16. The molecule has 4 heteroatoms. The van der Waals surface area contributed by atoms with E-state index in [2.05, 4.69) is 23.9 Å². The molecule has 15 heavy (non-hydrogen) atoms. The lowest BCUT2D eigenvalue weighted by Crippen LogP contribution is -2.02. The van der Waals surface area contributed by atoms with Gasteiger partial charge in [-0.25, -0.2) is 9.50 Å². The van der Waals surface area contributed by atoms with Gasteiger partial charge < -0.3 is 0 Å². The van der Waals surface area contributed by atoms with Crippen molar-refractivity contribution >= 4 is 17.2 Å². The molecule has 0 spiro atoms. The fourth-order valence-corrected chi connectivity index (χ4v) is 2.20. The van der Waals surface area contributed by atoms with Crippen LogP contribution in [0.1, 0.15) is 26.0 Å². The first-order valence-electron chi connectivity index (χ1n) is 5.11. The standard InChI is InChI=1S/C11H12ClN3/c1-7-4-11(7,2)9-6-15-10(14-9)3-8(12)5-13-15/h3,5-7H,4H2,1-2H3/t7-,11?/m1/s1. The molecule has 1 aliphatic rings. The molecule has 1 unspecified atom stereocenters. The summed E-state index contributed by atoms with van der Waals surface area (Å²) in [5, 5.41) is 4.82. The van der Waals surface area contributed by atoms with Gasteiger partial charge in [-0.3, -0.25) is 0 Å². The van der Waals surface area contributed by atoms with Crippen LogP contribution in [-0.4, -0.2) is 14.6 Å². The number of hydrogen-bond acceptors (Lipinski definition) is 2. The summed E-state index contributed by atoms with van der Waals surface area (Å²) in [6, 6.07) is 1.84. The van der Waals surface area contributed by atoms with Gasteiger partial charge in [-0.15, -0.1) is 0 Å². The van der Waals surface area contributed by atoms with E-state index < -0.39 is 0 Å².